The number of hydrogen-bond acceptors (Lipinski definition) is 2. The van der Waals surface area contributed by atoms with Gasteiger partial charge in [0.2, 0.25) is 0 Å². The second-order valence-corrected chi connectivity index (χ2v) is 2.57. The predicted molar refractivity (Wildman–Crippen MR) is 36.8 cm³/mol. The molecule has 0 bridgehead atoms. The van der Waals surface area contributed by atoms with Gasteiger partial charge in [-0.15, -0.1) is 0 Å². The summed E-state index contributed by atoms with van der Waals surface area (Å²) in [6.45, 7) is 0. The van der Waals surface area contributed by atoms with E-state index in [0.717, 1.165) is 0 Å². The van der Waals surface area contributed by atoms with Gasteiger partial charge >= 0.3 is 0 Å². The molecule has 0 fully saturated rings. The van der Waals surface area contributed by atoms with Crippen LogP contribution in [0, 0.1) is 0 Å². The average Bonchev–Trinajstić information content (AvgIpc) is 2.30. The molecule has 1 rings (SSSR count). The van der Waals surface area contributed by atoms with Crippen LogP contribution in [0.2, 0.25) is 0 Å². The van der Waals surface area contributed by atoms with Crippen molar-refractivity contribution in [3.63, 3.8) is 0 Å². The van der Waals surface area contributed by atoms with Crippen LogP contribution in [-0.2, 0) is 0 Å². The van der Waals surface area contributed by atoms with Crippen molar-refractivity contribution in [3.8, 4) is 0 Å². The highest BCUT2D eigenvalue weighted by molar-refractivity contribution is 9.10. The van der Waals surface area contributed by atoms with Crippen LogP contribution in [0.1, 0.15) is 22.5 Å². The van der Waals surface area contributed by atoms with E-state index in [1.165, 1.54) is 6.07 Å². The number of carbonyl (C=O) groups is 1. The normalized spacial score (nSPS) is 10.5. The minimum absolute atomic E-state index is 0.119. The molecule has 0 saturated carbocycles. The van der Waals surface area contributed by atoms with Crippen molar-refractivity contribution in [3.05, 3.63) is 22.1 Å². The third-order valence-corrected chi connectivity index (χ3v) is 1.48. The lowest BCUT2D eigenvalue weighted by Gasteiger charge is -1.91. The Morgan fingerprint density at radius 3 is 2.64 bits per heavy atom. The second kappa shape index (κ2) is 3.13. The summed E-state index contributed by atoms with van der Waals surface area (Å²) in [5, 5.41) is 0. The molecule has 0 aromatic carbocycles. The molecule has 5 heteroatoms. The summed E-state index contributed by atoms with van der Waals surface area (Å²) < 4.78 is 28.5. The maximum Gasteiger partial charge on any atom is 0.296 e. The molecule has 0 radical (unpaired) electrons. The molecule has 0 amide bonds. The van der Waals surface area contributed by atoms with Crippen molar-refractivity contribution in [1.29, 1.82) is 0 Å². The fraction of sp³-hybridized carbons (Fsp3) is 0.167. The lowest BCUT2D eigenvalue weighted by Crippen LogP contribution is -1.85. The molecule has 0 aliphatic carbocycles. The highest BCUT2D eigenvalue weighted by Crippen LogP contribution is 2.27. The predicted octanol–water partition coefficient (Wildman–Crippen LogP) is 2.79. The highest BCUT2D eigenvalue weighted by Gasteiger charge is 2.18. The number of rotatable bonds is 2. The quantitative estimate of drug-likeness (QED) is 0.724. The van der Waals surface area contributed by atoms with E-state index in [0.29, 0.717) is 6.29 Å². The van der Waals surface area contributed by atoms with Gasteiger partial charge in [-0.25, -0.2) is 8.78 Å². The standard InChI is InChI=1S/C6H3BrF2O2/c7-4-1-3(2-10)5(11-4)6(8)9/h1-2,6H. The van der Waals surface area contributed by atoms with Crippen LogP contribution in [0.25, 0.3) is 0 Å². The molecular weight excluding hydrogens is 222 g/mol. The van der Waals surface area contributed by atoms with E-state index >= 15 is 0 Å². The molecule has 0 saturated heterocycles. The maximum absolute atomic E-state index is 12.0. The number of hydrogen-bond donors (Lipinski definition) is 0. The van der Waals surface area contributed by atoms with E-state index in [4.69, 9.17) is 0 Å². The van der Waals surface area contributed by atoms with Gasteiger partial charge in [-0.05, 0) is 15.9 Å². The minimum Gasteiger partial charge on any atom is -0.448 e. The van der Waals surface area contributed by atoms with Crippen molar-refractivity contribution >= 4 is 22.2 Å². The molecule has 1 aromatic rings. The first-order chi connectivity index (χ1) is 5.15. The fourth-order valence-electron chi connectivity index (χ4n) is 0.649. The average molecular weight is 225 g/mol. The monoisotopic (exact) mass is 224 g/mol. The van der Waals surface area contributed by atoms with Gasteiger partial charge in [-0.1, -0.05) is 0 Å². The van der Waals surface area contributed by atoms with Gasteiger partial charge in [-0.3, -0.25) is 4.79 Å². The molecule has 0 spiro atoms. The van der Waals surface area contributed by atoms with E-state index in [2.05, 4.69) is 20.3 Å². The molecule has 0 aliphatic heterocycles. The first-order valence-corrected chi connectivity index (χ1v) is 3.47. The zero-order valence-corrected chi connectivity index (χ0v) is 6.77. The van der Waals surface area contributed by atoms with E-state index in [-0.39, 0.29) is 10.2 Å². The van der Waals surface area contributed by atoms with Crippen LogP contribution in [0.3, 0.4) is 0 Å². The summed E-state index contributed by atoms with van der Waals surface area (Å²) in [4.78, 5) is 10.1. The summed E-state index contributed by atoms with van der Waals surface area (Å²) in [6, 6.07) is 1.20. The lowest BCUT2D eigenvalue weighted by atomic mass is 10.3. The SMILES string of the molecule is O=Cc1cc(Br)oc1C(F)F. The Morgan fingerprint density at radius 2 is 2.27 bits per heavy atom. The van der Waals surface area contributed by atoms with Crippen molar-refractivity contribution in [2.24, 2.45) is 0 Å². The first kappa shape index (κ1) is 8.39. The van der Waals surface area contributed by atoms with Gasteiger partial charge in [0.15, 0.2) is 16.7 Å². The third-order valence-electron chi connectivity index (χ3n) is 1.09. The number of halogens is 3. The molecule has 0 unspecified atom stereocenters. The van der Waals surface area contributed by atoms with Crippen LogP contribution in [-0.4, -0.2) is 6.29 Å². The van der Waals surface area contributed by atoms with Crippen LogP contribution in [0.5, 0.6) is 0 Å². The van der Waals surface area contributed by atoms with E-state index < -0.39 is 12.2 Å². The summed E-state index contributed by atoms with van der Waals surface area (Å²) in [5.74, 6) is -0.591. The van der Waals surface area contributed by atoms with Crippen LogP contribution in [0.15, 0.2) is 15.2 Å². The minimum atomic E-state index is -2.75. The molecule has 0 atom stereocenters. The van der Waals surface area contributed by atoms with E-state index in [1.54, 1.807) is 0 Å². The van der Waals surface area contributed by atoms with Gasteiger partial charge in [0.05, 0.1) is 5.56 Å². The molecule has 0 N–H and O–H groups in total. The Kier molecular flexibility index (Phi) is 2.38. The van der Waals surface area contributed by atoms with Gasteiger partial charge < -0.3 is 4.42 Å². The number of aldehydes is 1. The van der Waals surface area contributed by atoms with Crippen molar-refractivity contribution in [2.45, 2.75) is 6.43 Å². The number of alkyl halides is 2. The zero-order valence-electron chi connectivity index (χ0n) is 5.18. The first-order valence-electron chi connectivity index (χ1n) is 2.67. The Balaban J connectivity index is 3.11. The third kappa shape index (κ3) is 1.65. The number of carbonyl (C=O) groups excluding carboxylic acids is 1. The summed E-state index contributed by atoms with van der Waals surface area (Å²) >= 11 is 2.83. The Bertz CT molecular complexity index is 270. The Hall–Kier alpha value is -0.710. The maximum atomic E-state index is 12.0. The molecule has 0 aliphatic rings. The van der Waals surface area contributed by atoms with Crippen molar-refractivity contribution in [1.82, 2.24) is 0 Å². The van der Waals surface area contributed by atoms with Crippen LogP contribution >= 0.6 is 15.9 Å². The highest BCUT2D eigenvalue weighted by atomic mass is 79.9. The van der Waals surface area contributed by atoms with Gasteiger partial charge in [-0.2, -0.15) is 0 Å². The molecule has 11 heavy (non-hydrogen) atoms. The Labute approximate surface area is 69.3 Å². The van der Waals surface area contributed by atoms with E-state index in [1.807, 2.05) is 0 Å². The fourth-order valence-corrected chi connectivity index (χ4v) is 1.07. The largest absolute Gasteiger partial charge is 0.448 e. The second-order valence-electron chi connectivity index (χ2n) is 1.79. The number of furan rings is 1. The summed E-state index contributed by atoms with van der Waals surface area (Å²) in [5.41, 5.74) is -0.119. The topological polar surface area (TPSA) is 30.2 Å². The molecular formula is C6H3BrF2O2. The summed E-state index contributed by atoms with van der Waals surface area (Å²) in [7, 11) is 0. The molecule has 1 aromatic heterocycles. The smallest absolute Gasteiger partial charge is 0.296 e. The van der Waals surface area contributed by atoms with Crippen molar-refractivity contribution in [2.75, 3.05) is 0 Å². The van der Waals surface area contributed by atoms with Gasteiger partial charge in [0.1, 0.15) is 0 Å². The molecule has 2 nitrogen and oxygen atoms in total. The summed E-state index contributed by atoms with van der Waals surface area (Å²) in [6.07, 6.45) is -2.42. The zero-order chi connectivity index (χ0) is 8.43. The van der Waals surface area contributed by atoms with Gasteiger partial charge in [0, 0.05) is 6.07 Å². The lowest BCUT2D eigenvalue weighted by molar-refractivity contribution is 0.106. The molecule has 1 heterocycles. The van der Waals surface area contributed by atoms with E-state index in [9.17, 15) is 13.6 Å². The Morgan fingerprint density at radius 1 is 1.64 bits per heavy atom. The van der Waals surface area contributed by atoms with Gasteiger partial charge in [0.25, 0.3) is 6.43 Å². The molecule has 60 valence electrons. The van der Waals surface area contributed by atoms with Crippen LogP contribution in [0.4, 0.5) is 8.78 Å². The van der Waals surface area contributed by atoms with Crippen LogP contribution < -0.4 is 0 Å². The van der Waals surface area contributed by atoms with Crippen molar-refractivity contribution < 1.29 is 18.0 Å².